The van der Waals surface area contributed by atoms with Crippen molar-refractivity contribution in [3.8, 4) is 0 Å². The van der Waals surface area contributed by atoms with E-state index in [1.165, 1.54) is 64.2 Å². The Morgan fingerprint density at radius 2 is 0.933 bits per heavy atom. The molecule has 0 bridgehead atoms. The first-order valence-electron chi connectivity index (χ1n) is 23.4. The lowest BCUT2D eigenvalue weighted by Gasteiger charge is -2.20. The van der Waals surface area contributed by atoms with Crippen LogP contribution in [0.5, 0.6) is 0 Å². The van der Waals surface area contributed by atoms with Gasteiger partial charge in [-0.15, -0.1) is 0 Å². The summed E-state index contributed by atoms with van der Waals surface area (Å²) in [6.45, 7) is 4.64. The standard InChI is InChI=1S/C51H86NO7P/c1-3-5-7-9-11-13-15-17-19-21-23-24-25-27-29-31-33-35-37-39-41-43-46-56-48-50(49-58-60(54,55)57-47-45-52)59-51(53)44-42-40-38-36-34-32-30-28-26-22-20-18-16-14-12-10-8-6-4-2/h6,8,12,14-15,17-18,20-21,23,25-28,32,34,38,40,50H,3-5,7,9-11,13,16,19,22,24,29-31,33,35-37,39,41-49,52H2,1-2H3,(H,54,55)/b8-6-,14-12-,17-15-,20-18-,23-21-,27-25-,28-26-,34-32-,40-38-. The highest BCUT2D eigenvalue weighted by Crippen LogP contribution is 2.43. The van der Waals surface area contributed by atoms with Crippen LogP contribution in [0.25, 0.3) is 0 Å². The van der Waals surface area contributed by atoms with Crippen molar-refractivity contribution in [1.29, 1.82) is 0 Å². The number of unbranched alkanes of at least 4 members (excludes halogenated alkanes) is 12. The number of carbonyl (C=O) groups excluding carboxylic acids is 1. The Balaban J connectivity index is 4.16. The van der Waals surface area contributed by atoms with Crippen LogP contribution in [0.1, 0.15) is 168 Å². The Bertz CT molecular complexity index is 1280. The average Bonchev–Trinajstić information content (AvgIpc) is 3.24. The fourth-order valence-electron chi connectivity index (χ4n) is 5.79. The van der Waals surface area contributed by atoms with E-state index in [1.54, 1.807) is 0 Å². The normalized spacial score (nSPS) is 14.4. The molecule has 0 heterocycles. The Morgan fingerprint density at radius 1 is 0.517 bits per heavy atom. The van der Waals surface area contributed by atoms with E-state index >= 15 is 0 Å². The summed E-state index contributed by atoms with van der Waals surface area (Å²) >= 11 is 0. The van der Waals surface area contributed by atoms with Crippen molar-refractivity contribution in [3.05, 3.63) is 109 Å². The lowest BCUT2D eigenvalue weighted by molar-refractivity contribution is -0.154. The van der Waals surface area contributed by atoms with E-state index in [1.807, 2.05) is 12.2 Å². The third-order valence-corrected chi connectivity index (χ3v) is 10.2. The molecule has 0 aliphatic heterocycles. The molecule has 0 aromatic heterocycles. The van der Waals surface area contributed by atoms with Gasteiger partial charge in [0.25, 0.3) is 0 Å². The zero-order chi connectivity index (χ0) is 43.7. The Morgan fingerprint density at radius 3 is 1.40 bits per heavy atom. The number of phosphoric ester groups is 1. The lowest BCUT2D eigenvalue weighted by atomic mass is 10.1. The molecule has 8 nitrogen and oxygen atoms in total. The van der Waals surface area contributed by atoms with Gasteiger partial charge in [0.2, 0.25) is 0 Å². The van der Waals surface area contributed by atoms with E-state index in [0.717, 1.165) is 77.0 Å². The predicted octanol–water partition coefficient (Wildman–Crippen LogP) is 14.4. The number of carbonyl (C=O) groups is 1. The SMILES string of the molecule is CC/C=C\C/C=C\C/C=C\C/C=C\C/C=C\C/C=C\CCC(=O)OC(COCCCCCCCCC/C=C\C/C=C\C/C=C\CCCCCCC)COP(=O)(O)OCCN. The minimum Gasteiger partial charge on any atom is -0.457 e. The summed E-state index contributed by atoms with van der Waals surface area (Å²) in [5.74, 6) is -0.420. The second kappa shape index (κ2) is 47.2. The minimum atomic E-state index is -4.31. The maximum absolute atomic E-state index is 12.6. The fraction of sp³-hybridized carbons (Fsp3) is 0.627. The quantitative estimate of drug-likeness (QED) is 0.0269. The van der Waals surface area contributed by atoms with Crippen molar-refractivity contribution in [2.45, 2.75) is 174 Å². The van der Waals surface area contributed by atoms with Crippen molar-refractivity contribution in [2.24, 2.45) is 5.73 Å². The predicted molar refractivity (Wildman–Crippen MR) is 256 cm³/mol. The van der Waals surface area contributed by atoms with Crippen LogP contribution in [0.3, 0.4) is 0 Å². The highest BCUT2D eigenvalue weighted by atomic mass is 31.2. The number of rotatable bonds is 43. The van der Waals surface area contributed by atoms with Crippen LogP contribution < -0.4 is 5.73 Å². The molecule has 9 heteroatoms. The smallest absolute Gasteiger partial charge is 0.457 e. The summed E-state index contributed by atoms with van der Waals surface area (Å²) in [4.78, 5) is 22.5. The summed E-state index contributed by atoms with van der Waals surface area (Å²) in [7, 11) is -4.31. The molecule has 0 radical (unpaired) electrons. The summed E-state index contributed by atoms with van der Waals surface area (Å²) in [6, 6.07) is 0. The molecule has 60 heavy (non-hydrogen) atoms. The Hall–Kier alpha value is -2.84. The first kappa shape index (κ1) is 57.2. The summed E-state index contributed by atoms with van der Waals surface area (Å²) in [5.41, 5.74) is 5.37. The number of phosphoric acid groups is 1. The molecular formula is C51H86NO7P. The van der Waals surface area contributed by atoms with E-state index in [-0.39, 0.29) is 32.8 Å². The van der Waals surface area contributed by atoms with Gasteiger partial charge in [-0.25, -0.2) is 4.57 Å². The number of esters is 1. The first-order chi connectivity index (χ1) is 29.4. The van der Waals surface area contributed by atoms with Gasteiger partial charge in [0, 0.05) is 19.6 Å². The highest BCUT2D eigenvalue weighted by molar-refractivity contribution is 7.47. The Labute approximate surface area is 367 Å². The molecule has 0 aliphatic rings. The number of nitrogens with two attached hydrogens (primary N) is 1. The molecule has 0 saturated carbocycles. The van der Waals surface area contributed by atoms with Gasteiger partial charge in [-0.05, 0) is 89.9 Å². The summed E-state index contributed by atoms with van der Waals surface area (Å²) < 4.78 is 33.4. The molecular weight excluding hydrogens is 770 g/mol. The van der Waals surface area contributed by atoms with Gasteiger partial charge < -0.3 is 20.1 Å². The molecule has 0 rings (SSSR count). The van der Waals surface area contributed by atoms with Crippen molar-refractivity contribution in [2.75, 3.05) is 33.0 Å². The van der Waals surface area contributed by atoms with Gasteiger partial charge in [-0.2, -0.15) is 0 Å². The average molecular weight is 856 g/mol. The zero-order valence-corrected chi connectivity index (χ0v) is 38.8. The van der Waals surface area contributed by atoms with E-state index in [9.17, 15) is 14.3 Å². The minimum absolute atomic E-state index is 0.0716. The highest BCUT2D eigenvalue weighted by Gasteiger charge is 2.25. The van der Waals surface area contributed by atoms with E-state index in [0.29, 0.717) is 13.0 Å². The van der Waals surface area contributed by atoms with Crippen LogP contribution in [-0.4, -0.2) is 49.9 Å². The number of hydrogen-bond acceptors (Lipinski definition) is 7. The van der Waals surface area contributed by atoms with E-state index < -0.39 is 19.9 Å². The van der Waals surface area contributed by atoms with Crippen LogP contribution in [0.2, 0.25) is 0 Å². The fourth-order valence-corrected chi connectivity index (χ4v) is 6.56. The molecule has 0 spiro atoms. The van der Waals surface area contributed by atoms with Gasteiger partial charge in [0.1, 0.15) is 6.10 Å². The summed E-state index contributed by atoms with van der Waals surface area (Å²) in [5, 5.41) is 0. The van der Waals surface area contributed by atoms with Crippen LogP contribution in [0.4, 0.5) is 0 Å². The van der Waals surface area contributed by atoms with Gasteiger partial charge in [0.15, 0.2) is 0 Å². The molecule has 0 saturated heterocycles. The third kappa shape index (κ3) is 46.2. The van der Waals surface area contributed by atoms with Crippen molar-refractivity contribution >= 4 is 13.8 Å². The molecule has 342 valence electrons. The van der Waals surface area contributed by atoms with Gasteiger partial charge >= 0.3 is 13.8 Å². The molecule has 3 N–H and O–H groups in total. The number of allylic oxidation sites excluding steroid dienone is 18. The second-order valence-corrected chi connectivity index (χ2v) is 16.3. The van der Waals surface area contributed by atoms with Gasteiger partial charge in [0.05, 0.1) is 19.8 Å². The monoisotopic (exact) mass is 856 g/mol. The van der Waals surface area contributed by atoms with Crippen molar-refractivity contribution in [3.63, 3.8) is 0 Å². The lowest BCUT2D eigenvalue weighted by Crippen LogP contribution is -2.28. The first-order valence-corrected chi connectivity index (χ1v) is 24.9. The zero-order valence-electron chi connectivity index (χ0n) is 37.9. The number of hydrogen-bond donors (Lipinski definition) is 2. The van der Waals surface area contributed by atoms with E-state index in [2.05, 4.69) is 111 Å². The van der Waals surface area contributed by atoms with Crippen LogP contribution >= 0.6 is 7.82 Å². The van der Waals surface area contributed by atoms with Crippen LogP contribution in [-0.2, 0) is 27.9 Å². The van der Waals surface area contributed by atoms with Gasteiger partial charge in [-0.3, -0.25) is 13.8 Å². The number of ether oxygens (including phenoxy) is 2. The molecule has 2 atom stereocenters. The topological polar surface area (TPSA) is 117 Å². The van der Waals surface area contributed by atoms with E-state index in [4.69, 9.17) is 24.3 Å². The maximum Gasteiger partial charge on any atom is 0.472 e. The summed E-state index contributed by atoms with van der Waals surface area (Å²) in [6.07, 6.45) is 64.1. The molecule has 0 aliphatic carbocycles. The molecule has 0 aromatic carbocycles. The van der Waals surface area contributed by atoms with Crippen molar-refractivity contribution < 1.29 is 32.8 Å². The van der Waals surface area contributed by atoms with Gasteiger partial charge in [-0.1, -0.05) is 181 Å². The van der Waals surface area contributed by atoms with Crippen molar-refractivity contribution in [1.82, 2.24) is 0 Å². The Kier molecular flexibility index (Phi) is 45.0. The molecule has 0 aromatic rings. The van der Waals surface area contributed by atoms with Crippen LogP contribution in [0, 0.1) is 0 Å². The maximum atomic E-state index is 12.6. The third-order valence-electron chi connectivity index (χ3n) is 9.19. The molecule has 0 fully saturated rings. The largest absolute Gasteiger partial charge is 0.472 e. The molecule has 0 amide bonds. The van der Waals surface area contributed by atoms with Crippen LogP contribution in [0.15, 0.2) is 109 Å². The second-order valence-electron chi connectivity index (χ2n) is 14.9. The molecule has 2 unspecified atom stereocenters.